The minimum Gasteiger partial charge on any atom is -0.347 e. The summed E-state index contributed by atoms with van der Waals surface area (Å²) in [5, 5.41) is 10.7. The third kappa shape index (κ3) is 4.47. The van der Waals surface area contributed by atoms with Gasteiger partial charge in [-0.05, 0) is 30.2 Å². The molecule has 142 valence electrons. The number of hydrogen-bond donors (Lipinski definition) is 2. The Kier molecular flexibility index (Phi) is 6.11. The molecule has 2 heterocycles. The van der Waals surface area contributed by atoms with Crippen molar-refractivity contribution in [1.29, 1.82) is 0 Å². The topological polar surface area (TPSA) is 85.8 Å². The largest absolute Gasteiger partial charge is 0.347 e. The second-order valence-corrected chi connectivity index (χ2v) is 7.90. The van der Waals surface area contributed by atoms with Gasteiger partial charge in [0.05, 0.1) is 4.88 Å². The van der Waals surface area contributed by atoms with Gasteiger partial charge in [0.25, 0.3) is 5.91 Å². The standard InChI is InChI=1S/C17H16Cl2FN5OS/c1-25-14(15(18)23-24-25)12-7-13(27-16(12)19)17(26)22-11(8-21)6-9-3-2-4-10(20)5-9/h2-5,7,11H,6,8,21H2,1H3,(H,22,26)/t11-/m0/s1. The molecule has 0 bridgehead atoms. The van der Waals surface area contributed by atoms with Crippen LogP contribution in [-0.4, -0.2) is 33.5 Å². The first kappa shape index (κ1) is 19.8. The molecule has 3 rings (SSSR count). The van der Waals surface area contributed by atoms with E-state index in [2.05, 4.69) is 15.6 Å². The molecule has 0 radical (unpaired) electrons. The Balaban J connectivity index is 1.76. The number of hydrogen-bond acceptors (Lipinski definition) is 5. The van der Waals surface area contributed by atoms with Crippen molar-refractivity contribution in [1.82, 2.24) is 20.3 Å². The first-order valence-corrected chi connectivity index (χ1v) is 9.56. The number of halogens is 3. The number of nitrogens with zero attached hydrogens (tertiary/aromatic N) is 3. The van der Waals surface area contributed by atoms with Gasteiger partial charge in [-0.25, -0.2) is 9.07 Å². The number of carbonyl (C=O) groups is 1. The van der Waals surface area contributed by atoms with E-state index in [9.17, 15) is 9.18 Å². The molecule has 0 unspecified atom stereocenters. The van der Waals surface area contributed by atoms with Crippen LogP contribution in [-0.2, 0) is 13.5 Å². The van der Waals surface area contributed by atoms with Gasteiger partial charge in [-0.1, -0.05) is 40.5 Å². The van der Waals surface area contributed by atoms with Crippen LogP contribution >= 0.6 is 34.5 Å². The van der Waals surface area contributed by atoms with Gasteiger partial charge >= 0.3 is 0 Å². The van der Waals surface area contributed by atoms with Crippen molar-refractivity contribution < 1.29 is 9.18 Å². The van der Waals surface area contributed by atoms with E-state index in [1.807, 2.05) is 0 Å². The zero-order valence-corrected chi connectivity index (χ0v) is 16.6. The van der Waals surface area contributed by atoms with E-state index in [4.69, 9.17) is 28.9 Å². The Morgan fingerprint density at radius 1 is 1.41 bits per heavy atom. The normalized spacial score (nSPS) is 12.2. The van der Waals surface area contributed by atoms with Gasteiger partial charge in [0.2, 0.25) is 0 Å². The molecular weight excluding hydrogens is 412 g/mol. The monoisotopic (exact) mass is 427 g/mol. The number of thiophene rings is 1. The summed E-state index contributed by atoms with van der Waals surface area (Å²) in [5.74, 6) is -0.641. The average Bonchev–Trinajstić information content (AvgIpc) is 3.16. The first-order chi connectivity index (χ1) is 12.9. The Labute approximate surface area is 169 Å². The summed E-state index contributed by atoms with van der Waals surface area (Å²) in [4.78, 5) is 13.0. The fraction of sp³-hybridized carbons (Fsp3) is 0.235. The van der Waals surface area contributed by atoms with Gasteiger partial charge in [-0.3, -0.25) is 4.79 Å². The highest BCUT2D eigenvalue weighted by Gasteiger charge is 2.21. The van der Waals surface area contributed by atoms with E-state index in [-0.39, 0.29) is 29.5 Å². The molecular formula is C17H16Cl2FN5OS. The molecule has 0 spiro atoms. The molecule has 1 aromatic carbocycles. The molecule has 1 amide bonds. The van der Waals surface area contributed by atoms with E-state index in [0.717, 1.165) is 16.9 Å². The van der Waals surface area contributed by atoms with Crippen molar-refractivity contribution in [3.63, 3.8) is 0 Å². The average molecular weight is 428 g/mol. The summed E-state index contributed by atoms with van der Waals surface area (Å²) < 4.78 is 15.2. The predicted octanol–water partition coefficient (Wildman–Crippen LogP) is 3.29. The van der Waals surface area contributed by atoms with Crippen molar-refractivity contribution in [2.75, 3.05) is 6.54 Å². The molecule has 0 saturated heterocycles. The van der Waals surface area contributed by atoms with Crippen molar-refractivity contribution in [2.24, 2.45) is 12.8 Å². The third-order valence-corrected chi connectivity index (χ3v) is 5.55. The summed E-state index contributed by atoms with van der Waals surface area (Å²) in [6.07, 6.45) is 0.420. The number of aryl methyl sites for hydroxylation is 1. The summed E-state index contributed by atoms with van der Waals surface area (Å²) in [5.41, 5.74) is 7.64. The maximum Gasteiger partial charge on any atom is 0.261 e. The van der Waals surface area contributed by atoms with Crippen LogP contribution in [0.1, 0.15) is 15.2 Å². The van der Waals surface area contributed by atoms with Crippen LogP contribution in [0.15, 0.2) is 30.3 Å². The van der Waals surface area contributed by atoms with Gasteiger partial charge in [-0.2, -0.15) is 0 Å². The van der Waals surface area contributed by atoms with Crippen LogP contribution in [0.4, 0.5) is 4.39 Å². The highest BCUT2D eigenvalue weighted by molar-refractivity contribution is 7.18. The fourth-order valence-corrected chi connectivity index (χ4v) is 4.10. The lowest BCUT2D eigenvalue weighted by molar-refractivity contribution is 0.0942. The molecule has 0 saturated carbocycles. The van der Waals surface area contributed by atoms with E-state index in [0.29, 0.717) is 26.9 Å². The number of nitrogens with one attached hydrogen (secondary N) is 1. The van der Waals surface area contributed by atoms with Gasteiger partial charge in [-0.15, -0.1) is 16.4 Å². The molecule has 0 aliphatic rings. The highest BCUT2D eigenvalue weighted by atomic mass is 35.5. The maximum absolute atomic E-state index is 13.3. The number of benzene rings is 1. The van der Waals surface area contributed by atoms with Gasteiger partial charge < -0.3 is 11.1 Å². The summed E-state index contributed by atoms with van der Waals surface area (Å²) >= 11 is 13.5. The Morgan fingerprint density at radius 3 is 2.81 bits per heavy atom. The minimum absolute atomic E-state index is 0.204. The molecule has 6 nitrogen and oxygen atoms in total. The van der Waals surface area contributed by atoms with Crippen molar-refractivity contribution >= 4 is 40.4 Å². The zero-order valence-electron chi connectivity index (χ0n) is 14.2. The minimum atomic E-state index is -0.342. The van der Waals surface area contributed by atoms with Crippen LogP contribution < -0.4 is 11.1 Å². The van der Waals surface area contributed by atoms with Crippen LogP contribution in [0.2, 0.25) is 9.49 Å². The zero-order chi connectivity index (χ0) is 19.6. The maximum atomic E-state index is 13.3. The Bertz CT molecular complexity index is 955. The number of rotatable bonds is 6. The SMILES string of the molecule is Cn1nnc(Cl)c1-c1cc(C(=O)N[C@H](CN)Cc2cccc(F)c2)sc1Cl. The number of carbonyl (C=O) groups excluding carboxylic acids is 1. The molecule has 1 atom stereocenters. The molecule has 0 aliphatic heterocycles. The molecule has 3 aromatic rings. The molecule has 0 aliphatic carbocycles. The number of aromatic nitrogens is 3. The van der Waals surface area contributed by atoms with Crippen LogP contribution in [0.3, 0.4) is 0 Å². The van der Waals surface area contributed by atoms with Crippen LogP contribution in [0.5, 0.6) is 0 Å². The van der Waals surface area contributed by atoms with Gasteiger partial charge in [0.15, 0.2) is 5.15 Å². The van der Waals surface area contributed by atoms with E-state index >= 15 is 0 Å². The van der Waals surface area contributed by atoms with E-state index < -0.39 is 0 Å². The summed E-state index contributed by atoms with van der Waals surface area (Å²) in [7, 11) is 1.69. The van der Waals surface area contributed by atoms with E-state index in [1.54, 1.807) is 25.2 Å². The van der Waals surface area contributed by atoms with E-state index in [1.165, 1.54) is 16.8 Å². The lowest BCUT2D eigenvalue weighted by atomic mass is 10.1. The predicted molar refractivity (Wildman–Crippen MR) is 105 cm³/mol. The number of nitrogens with two attached hydrogens (primary N) is 1. The fourth-order valence-electron chi connectivity index (χ4n) is 2.66. The van der Waals surface area contributed by atoms with Crippen molar-refractivity contribution in [3.8, 4) is 11.3 Å². The molecule has 27 heavy (non-hydrogen) atoms. The number of amides is 1. The van der Waals surface area contributed by atoms with Crippen molar-refractivity contribution in [3.05, 3.63) is 56.1 Å². The second kappa shape index (κ2) is 8.35. The lowest BCUT2D eigenvalue weighted by Gasteiger charge is -2.16. The molecule has 0 fully saturated rings. The summed E-state index contributed by atoms with van der Waals surface area (Å²) in [6, 6.07) is 7.50. The molecule has 3 N–H and O–H groups in total. The van der Waals surface area contributed by atoms with Crippen LogP contribution in [0.25, 0.3) is 11.3 Å². The molecule has 2 aromatic heterocycles. The third-order valence-electron chi connectivity index (χ3n) is 3.94. The molecule has 10 heteroatoms. The quantitative estimate of drug-likeness (QED) is 0.631. The smallest absolute Gasteiger partial charge is 0.261 e. The van der Waals surface area contributed by atoms with Gasteiger partial charge in [0, 0.05) is 25.2 Å². The Hall–Kier alpha value is -2.00. The Morgan fingerprint density at radius 2 is 2.19 bits per heavy atom. The highest BCUT2D eigenvalue weighted by Crippen LogP contribution is 2.37. The lowest BCUT2D eigenvalue weighted by Crippen LogP contribution is -2.41. The first-order valence-electron chi connectivity index (χ1n) is 7.99. The summed E-state index contributed by atoms with van der Waals surface area (Å²) in [6.45, 7) is 0.214. The van der Waals surface area contributed by atoms with Crippen molar-refractivity contribution in [2.45, 2.75) is 12.5 Å². The second-order valence-electron chi connectivity index (χ2n) is 5.89. The van der Waals surface area contributed by atoms with Gasteiger partial charge in [0.1, 0.15) is 15.8 Å². The van der Waals surface area contributed by atoms with Crippen LogP contribution in [0, 0.1) is 5.82 Å².